The molecule has 0 aliphatic rings. The third kappa shape index (κ3) is 3.63. The Bertz CT molecular complexity index is 705. The molecule has 0 aromatic heterocycles. The van der Waals surface area contributed by atoms with Crippen molar-refractivity contribution in [3.05, 3.63) is 62.6 Å². The highest BCUT2D eigenvalue weighted by Crippen LogP contribution is 2.29. The topological polar surface area (TPSA) is 53.2 Å². The predicted molar refractivity (Wildman–Crippen MR) is 85.0 cm³/mol. The van der Waals surface area contributed by atoms with Gasteiger partial charge in [0.1, 0.15) is 12.4 Å². The molecule has 108 valence electrons. The van der Waals surface area contributed by atoms with E-state index in [4.69, 9.17) is 10.00 Å². The molecule has 21 heavy (non-hydrogen) atoms. The summed E-state index contributed by atoms with van der Waals surface area (Å²) in [6, 6.07) is 11.5. The highest BCUT2D eigenvalue weighted by molar-refractivity contribution is 9.10. The van der Waals surface area contributed by atoms with E-state index in [9.17, 15) is 5.11 Å². The van der Waals surface area contributed by atoms with Gasteiger partial charge in [0, 0.05) is 10.0 Å². The first-order chi connectivity index (χ1) is 10.0. The van der Waals surface area contributed by atoms with Crippen molar-refractivity contribution in [1.29, 1.82) is 5.26 Å². The summed E-state index contributed by atoms with van der Waals surface area (Å²) in [5, 5.41) is 18.3. The second-order valence-electron chi connectivity index (χ2n) is 4.91. The number of nitrogens with zero attached hydrogens (tertiary/aromatic N) is 1. The molecule has 1 N–H and O–H groups in total. The van der Waals surface area contributed by atoms with Gasteiger partial charge in [0.15, 0.2) is 0 Å². The maximum absolute atomic E-state index is 9.45. The number of hydrogen-bond donors (Lipinski definition) is 1. The molecule has 2 rings (SSSR count). The van der Waals surface area contributed by atoms with Gasteiger partial charge in [-0.1, -0.05) is 22.0 Å². The first-order valence-corrected chi connectivity index (χ1v) is 7.36. The van der Waals surface area contributed by atoms with Crippen LogP contribution in [0, 0.1) is 25.2 Å². The van der Waals surface area contributed by atoms with Crippen molar-refractivity contribution in [2.75, 3.05) is 0 Å². The van der Waals surface area contributed by atoms with Crippen molar-refractivity contribution in [2.45, 2.75) is 27.1 Å². The Kier molecular flexibility index (Phi) is 5.00. The van der Waals surface area contributed by atoms with Crippen LogP contribution >= 0.6 is 15.9 Å². The van der Waals surface area contributed by atoms with Crippen molar-refractivity contribution >= 4 is 15.9 Å². The standard InChI is InChI=1S/C17H16BrNO2/c1-11-5-13(8-19)3-4-14(11)10-21-17-12(2)6-16(18)7-15(17)9-20/h3-7,20H,9-10H2,1-2H3. The van der Waals surface area contributed by atoms with E-state index in [-0.39, 0.29) is 6.61 Å². The average Bonchev–Trinajstić information content (AvgIpc) is 2.46. The lowest BCUT2D eigenvalue weighted by atomic mass is 10.1. The molecule has 2 aromatic rings. The van der Waals surface area contributed by atoms with Crippen LogP contribution in [0.3, 0.4) is 0 Å². The van der Waals surface area contributed by atoms with E-state index in [0.717, 1.165) is 26.7 Å². The van der Waals surface area contributed by atoms with Crippen LogP contribution in [0.4, 0.5) is 0 Å². The van der Waals surface area contributed by atoms with Gasteiger partial charge in [0.2, 0.25) is 0 Å². The minimum Gasteiger partial charge on any atom is -0.488 e. The molecule has 0 unspecified atom stereocenters. The minimum absolute atomic E-state index is 0.0675. The highest BCUT2D eigenvalue weighted by Gasteiger charge is 2.09. The second-order valence-corrected chi connectivity index (χ2v) is 5.83. The molecule has 0 radical (unpaired) electrons. The largest absolute Gasteiger partial charge is 0.488 e. The van der Waals surface area contributed by atoms with Gasteiger partial charge in [-0.2, -0.15) is 5.26 Å². The molecule has 0 saturated carbocycles. The van der Waals surface area contributed by atoms with Crippen molar-refractivity contribution in [1.82, 2.24) is 0 Å². The molecule has 0 fully saturated rings. The van der Waals surface area contributed by atoms with Crippen LogP contribution in [0.2, 0.25) is 0 Å². The van der Waals surface area contributed by atoms with Crippen LogP contribution in [0.25, 0.3) is 0 Å². The number of benzene rings is 2. The minimum atomic E-state index is -0.0675. The van der Waals surface area contributed by atoms with Gasteiger partial charge in [-0.25, -0.2) is 0 Å². The Labute approximate surface area is 132 Å². The van der Waals surface area contributed by atoms with Crippen molar-refractivity contribution in [3.63, 3.8) is 0 Å². The van der Waals surface area contributed by atoms with Crippen LogP contribution in [0.15, 0.2) is 34.8 Å². The summed E-state index contributed by atoms with van der Waals surface area (Å²) in [6.45, 7) is 4.25. The summed E-state index contributed by atoms with van der Waals surface area (Å²) < 4.78 is 6.81. The molecular weight excluding hydrogens is 330 g/mol. The number of hydrogen-bond acceptors (Lipinski definition) is 3. The van der Waals surface area contributed by atoms with E-state index in [2.05, 4.69) is 22.0 Å². The monoisotopic (exact) mass is 345 g/mol. The summed E-state index contributed by atoms with van der Waals surface area (Å²) in [5.41, 5.74) is 4.43. The molecule has 0 bridgehead atoms. The van der Waals surface area contributed by atoms with E-state index in [1.54, 1.807) is 6.07 Å². The second kappa shape index (κ2) is 6.75. The molecule has 0 heterocycles. The van der Waals surface area contributed by atoms with Gasteiger partial charge < -0.3 is 9.84 Å². The fraction of sp³-hybridized carbons (Fsp3) is 0.235. The molecule has 0 saturated heterocycles. The maximum atomic E-state index is 9.45. The summed E-state index contributed by atoms with van der Waals surface area (Å²) >= 11 is 3.41. The Morgan fingerprint density at radius 3 is 2.52 bits per heavy atom. The summed E-state index contributed by atoms with van der Waals surface area (Å²) in [7, 11) is 0. The number of ether oxygens (including phenoxy) is 1. The van der Waals surface area contributed by atoms with Crippen LogP contribution in [-0.2, 0) is 13.2 Å². The Hall–Kier alpha value is -1.83. The smallest absolute Gasteiger partial charge is 0.128 e. The van der Waals surface area contributed by atoms with Crippen molar-refractivity contribution < 1.29 is 9.84 Å². The molecule has 0 amide bonds. The van der Waals surface area contributed by atoms with Crippen LogP contribution < -0.4 is 4.74 Å². The number of rotatable bonds is 4. The van der Waals surface area contributed by atoms with Gasteiger partial charge >= 0.3 is 0 Å². The van der Waals surface area contributed by atoms with Crippen molar-refractivity contribution in [2.24, 2.45) is 0 Å². The molecule has 2 aromatic carbocycles. The number of aryl methyl sites for hydroxylation is 2. The zero-order valence-corrected chi connectivity index (χ0v) is 13.6. The summed E-state index contributed by atoms with van der Waals surface area (Å²) in [5.74, 6) is 0.712. The molecule has 0 aliphatic heterocycles. The number of aliphatic hydroxyl groups is 1. The summed E-state index contributed by atoms with van der Waals surface area (Å²) in [6.07, 6.45) is 0. The quantitative estimate of drug-likeness (QED) is 0.910. The Morgan fingerprint density at radius 1 is 1.14 bits per heavy atom. The van der Waals surface area contributed by atoms with Gasteiger partial charge in [0.05, 0.1) is 18.2 Å². The fourth-order valence-corrected chi connectivity index (χ4v) is 2.82. The molecule has 0 spiro atoms. The van der Waals surface area contributed by atoms with E-state index in [1.165, 1.54) is 0 Å². The van der Waals surface area contributed by atoms with Gasteiger partial charge in [-0.3, -0.25) is 0 Å². The zero-order chi connectivity index (χ0) is 15.4. The van der Waals surface area contributed by atoms with Gasteiger partial charge in [0.25, 0.3) is 0 Å². The van der Waals surface area contributed by atoms with E-state index >= 15 is 0 Å². The molecule has 3 nitrogen and oxygen atoms in total. The number of halogens is 1. The normalized spacial score (nSPS) is 10.2. The summed E-state index contributed by atoms with van der Waals surface area (Å²) in [4.78, 5) is 0. The number of aliphatic hydroxyl groups excluding tert-OH is 1. The average molecular weight is 346 g/mol. The van der Waals surface area contributed by atoms with Crippen LogP contribution in [-0.4, -0.2) is 5.11 Å². The maximum Gasteiger partial charge on any atom is 0.128 e. The zero-order valence-electron chi connectivity index (χ0n) is 12.0. The van der Waals surface area contributed by atoms with Gasteiger partial charge in [-0.15, -0.1) is 0 Å². The lowest BCUT2D eigenvalue weighted by Gasteiger charge is -2.15. The van der Waals surface area contributed by atoms with Crippen LogP contribution in [0.5, 0.6) is 5.75 Å². The first-order valence-electron chi connectivity index (χ1n) is 6.57. The Balaban J connectivity index is 2.23. The predicted octanol–water partition coefficient (Wildman–Crippen LogP) is 4.01. The molecule has 4 heteroatoms. The van der Waals surface area contributed by atoms with Crippen molar-refractivity contribution in [3.8, 4) is 11.8 Å². The third-order valence-corrected chi connectivity index (χ3v) is 3.79. The van der Waals surface area contributed by atoms with E-state index < -0.39 is 0 Å². The lowest BCUT2D eigenvalue weighted by molar-refractivity contribution is 0.257. The SMILES string of the molecule is Cc1cc(C#N)ccc1COc1c(C)cc(Br)cc1CO. The van der Waals surface area contributed by atoms with Crippen LogP contribution in [0.1, 0.15) is 27.8 Å². The van der Waals surface area contributed by atoms with E-state index in [0.29, 0.717) is 17.9 Å². The number of nitriles is 1. The third-order valence-electron chi connectivity index (χ3n) is 3.33. The molecule has 0 aliphatic carbocycles. The molecular formula is C17H16BrNO2. The lowest BCUT2D eigenvalue weighted by Crippen LogP contribution is -2.02. The fourth-order valence-electron chi connectivity index (χ4n) is 2.20. The molecule has 0 atom stereocenters. The highest BCUT2D eigenvalue weighted by atomic mass is 79.9. The Morgan fingerprint density at radius 2 is 1.90 bits per heavy atom. The van der Waals surface area contributed by atoms with Gasteiger partial charge in [-0.05, 0) is 54.8 Å². The first kappa shape index (κ1) is 15.6. The van der Waals surface area contributed by atoms with E-state index in [1.807, 2.05) is 38.1 Å².